The monoisotopic (exact) mass is 478 g/mol. The molecule has 4 aromatic heterocycles. The van der Waals surface area contributed by atoms with Gasteiger partial charge in [-0.3, -0.25) is 4.90 Å². The first-order valence-corrected chi connectivity index (χ1v) is 12.2. The van der Waals surface area contributed by atoms with Crippen molar-refractivity contribution in [3.63, 3.8) is 0 Å². The Labute approximate surface area is 213 Å². The molecule has 3 aromatic carbocycles. The van der Waals surface area contributed by atoms with Crippen LogP contribution in [-0.2, 0) is 0 Å². The minimum absolute atomic E-state index is 0.784. The number of nitrogens with zero attached hydrogens (tertiary/aromatic N) is 4. The predicted octanol–water partition coefficient (Wildman–Crippen LogP) is 8.30. The van der Waals surface area contributed by atoms with Crippen molar-refractivity contribution in [1.29, 1.82) is 0 Å². The zero-order chi connectivity index (χ0) is 24.6. The van der Waals surface area contributed by atoms with Crippen LogP contribution < -0.4 is 4.90 Å². The average Bonchev–Trinajstić information content (AvgIpc) is 3.62. The molecule has 0 aliphatic carbocycles. The van der Waals surface area contributed by atoms with E-state index in [0.717, 1.165) is 50.9 Å². The van der Waals surface area contributed by atoms with Crippen LogP contribution in [0.25, 0.3) is 38.9 Å². The van der Waals surface area contributed by atoms with E-state index in [0.29, 0.717) is 0 Å². The number of fused-ring (bicyclic) bond motifs is 2. The van der Waals surface area contributed by atoms with E-state index in [4.69, 9.17) is 14.4 Å². The minimum atomic E-state index is 0.784. The number of hydrogen-bond acceptors (Lipinski definition) is 4. The number of benzene rings is 3. The van der Waals surface area contributed by atoms with Crippen LogP contribution >= 0.6 is 0 Å². The van der Waals surface area contributed by atoms with Crippen LogP contribution in [0, 0.1) is 0 Å². The van der Waals surface area contributed by atoms with E-state index in [9.17, 15) is 0 Å². The van der Waals surface area contributed by atoms with Crippen molar-refractivity contribution in [3.05, 3.63) is 134 Å². The normalized spacial score (nSPS) is 11.2. The summed E-state index contributed by atoms with van der Waals surface area (Å²) in [7, 11) is 0. The maximum atomic E-state index is 5.62. The highest BCUT2D eigenvalue weighted by molar-refractivity contribution is 5.93. The number of furan rings is 1. The molecule has 4 heterocycles. The molecule has 0 radical (unpaired) electrons. The molecule has 0 atom stereocenters. The highest BCUT2D eigenvalue weighted by atomic mass is 16.3. The third-order valence-electron chi connectivity index (χ3n) is 6.54. The van der Waals surface area contributed by atoms with Crippen LogP contribution in [-0.4, -0.2) is 14.5 Å². The van der Waals surface area contributed by atoms with E-state index < -0.39 is 0 Å². The Morgan fingerprint density at radius 1 is 0.622 bits per heavy atom. The topological polar surface area (TPSA) is 47.1 Å². The fourth-order valence-electron chi connectivity index (χ4n) is 4.83. The van der Waals surface area contributed by atoms with Crippen molar-refractivity contribution in [1.82, 2.24) is 14.5 Å². The van der Waals surface area contributed by atoms with Crippen LogP contribution in [0.1, 0.15) is 0 Å². The Bertz CT molecular complexity index is 1850. The summed E-state index contributed by atoms with van der Waals surface area (Å²) in [6.07, 6.45) is 3.78. The first kappa shape index (κ1) is 21.1. The number of hydrogen-bond donors (Lipinski definition) is 0. The fourth-order valence-corrected chi connectivity index (χ4v) is 4.83. The van der Waals surface area contributed by atoms with E-state index in [-0.39, 0.29) is 0 Å². The molecule has 0 saturated carbocycles. The molecule has 7 aromatic rings. The fraction of sp³-hybridized carbons (Fsp3) is 0. The van der Waals surface area contributed by atoms with Crippen LogP contribution in [0.2, 0.25) is 0 Å². The summed E-state index contributed by atoms with van der Waals surface area (Å²) < 4.78 is 7.74. The number of aromatic nitrogens is 3. The van der Waals surface area contributed by atoms with Crippen molar-refractivity contribution in [2.24, 2.45) is 0 Å². The first-order chi connectivity index (χ1) is 18.3. The van der Waals surface area contributed by atoms with Crippen LogP contribution in [0.4, 0.5) is 17.3 Å². The quantitative estimate of drug-likeness (QED) is 0.250. The summed E-state index contributed by atoms with van der Waals surface area (Å²) in [6.45, 7) is 0. The van der Waals surface area contributed by atoms with Gasteiger partial charge < -0.3 is 8.98 Å². The second-order valence-electron chi connectivity index (χ2n) is 8.79. The molecule has 0 saturated heterocycles. The molecule has 0 unspecified atom stereocenters. The zero-order valence-electron chi connectivity index (χ0n) is 19.9. The van der Waals surface area contributed by atoms with Gasteiger partial charge in [-0.25, -0.2) is 9.97 Å². The summed E-state index contributed by atoms with van der Waals surface area (Å²) >= 11 is 0. The molecule has 7 rings (SSSR count). The highest BCUT2D eigenvalue weighted by Gasteiger charge is 2.17. The lowest BCUT2D eigenvalue weighted by Gasteiger charge is -2.24. The van der Waals surface area contributed by atoms with Gasteiger partial charge in [-0.15, -0.1) is 0 Å². The average molecular weight is 479 g/mol. The summed E-state index contributed by atoms with van der Waals surface area (Å²) in [4.78, 5) is 12.3. The SMILES string of the molecule is c1ccc(N(c2cccc(-c3cccc4occc34)n2)c2cccc(-n3ccc4ccccc43)n2)cc1. The molecule has 5 nitrogen and oxygen atoms in total. The Kier molecular flexibility index (Phi) is 5.03. The van der Waals surface area contributed by atoms with Crippen LogP contribution in [0.3, 0.4) is 0 Å². The molecular weight excluding hydrogens is 456 g/mol. The number of rotatable bonds is 5. The molecule has 0 spiro atoms. The molecular formula is C32H22N4O. The van der Waals surface area contributed by atoms with Gasteiger partial charge in [0.05, 0.1) is 17.5 Å². The van der Waals surface area contributed by atoms with Gasteiger partial charge in [0.15, 0.2) is 0 Å². The van der Waals surface area contributed by atoms with Crippen molar-refractivity contribution in [2.45, 2.75) is 0 Å². The molecule has 0 bridgehead atoms. The van der Waals surface area contributed by atoms with Gasteiger partial charge in [-0.1, -0.05) is 60.7 Å². The minimum Gasteiger partial charge on any atom is -0.464 e. The number of anilines is 3. The van der Waals surface area contributed by atoms with Gasteiger partial charge in [-0.05, 0) is 66.0 Å². The molecule has 0 aliphatic rings. The molecule has 176 valence electrons. The second-order valence-corrected chi connectivity index (χ2v) is 8.79. The Morgan fingerprint density at radius 2 is 1.41 bits per heavy atom. The van der Waals surface area contributed by atoms with Gasteiger partial charge in [0.2, 0.25) is 0 Å². The van der Waals surface area contributed by atoms with E-state index in [1.54, 1.807) is 6.26 Å². The van der Waals surface area contributed by atoms with E-state index >= 15 is 0 Å². The third-order valence-corrected chi connectivity index (χ3v) is 6.54. The molecule has 0 amide bonds. The first-order valence-electron chi connectivity index (χ1n) is 12.2. The third kappa shape index (κ3) is 3.74. The smallest absolute Gasteiger partial charge is 0.141 e. The molecule has 0 fully saturated rings. The Balaban J connectivity index is 1.38. The van der Waals surface area contributed by atoms with Gasteiger partial charge in [0.1, 0.15) is 23.0 Å². The second kappa shape index (κ2) is 8.81. The Hall–Kier alpha value is -5.16. The van der Waals surface area contributed by atoms with E-state index in [2.05, 4.69) is 64.2 Å². The maximum absolute atomic E-state index is 5.62. The van der Waals surface area contributed by atoms with E-state index in [1.807, 2.05) is 72.8 Å². The number of pyridine rings is 2. The van der Waals surface area contributed by atoms with Gasteiger partial charge in [0.25, 0.3) is 0 Å². The van der Waals surface area contributed by atoms with Crippen molar-refractivity contribution in [2.75, 3.05) is 4.90 Å². The standard InChI is InChI=1S/C32H22N4O/c1-2-10-24(11-3-1)36(31-17-7-13-27(33-31)25-12-6-15-29-26(25)20-22-37-29)32-18-8-16-30(34-32)35-21-19-23-9-4-5-14-28(23)35/h1-22H. The predicted molar refractivity (Wildman–Crippen MR) is 149 cm³/mol. The van der Waals surface area contributed by atoms with Crippen molar-refractivity contribution < 1.29 is 4.42 Å². The van der Waals surface area contributed by atoms with Crippen molar-refractivity contribution in [3.8, 4) is 17.1 Å². The number of para-hydroxylation sites is 2. The highest BCUT2D eigenvalue weighted by Crippen LogP contribution is 2.35. The summed E-state index contributed by atoms with van der Waals surface area (Å²) in [5.41, 5.74) is 4.85. The Morgan fingerprint density at radius 3 is 2.32 bits per heavy atom. The maximum Gasteiger partial charge on any atom is 0.141 e. The zero-order valence-corrected chi connectivity index (χ0v) is 19.9. The van der Waals surface area contributed by atoms with Gasteiger partial charge in [-0.2, -0.15) is 0 Å². The largest absolute Gasteiger partial charge is 0.464 e. The summed E-state index contributed by atoms with van der Waals surface area (Å²) in [5.74, 6) is 2.41. The molecule has 37 heavy (non-hydrogen) atoms. The van der Waals surface area contributed by atoms with Gasteiger partial charge in [0, 0.05) is 22.8 Å². The van der Waals surface area contributed by atoms with Crippen LogP contribution in [0.15, 0.2) is 138 Å². The lowest BCUT2D eigenvalue weighted by Crippen LogP contribution is -2.14. The van der Waals surface area contributed by atoms with Gasteiger partial charge >= 0.3 is 0 Å². The molecule has 0 N–H and O–H groups in total. The van der Waals surface area contributed by atoms with E-state index in [1.165, 1.54) is 5.39 Å². The summed E-state index contributed by atoms with van der Waals surface area (Å²) in [5, 5.41) is 2.22. The lowest BCUT2D eigenvalue weighted by atomic mass is 10.1. The van der Waals surface area contributed by atoms with Crippen LogP contribution in [0.5, 0.6) is 0 Å². The van der Waals surface area contributed by atoms with Crippen molar-refractivity contribution >= 4 is 39.2 Å². The molecule has 0 aliphatic heterocycles. The lowest BCUT2D eigenvalue weighted by molar-refractivity contribution is 0.616. The summed E-state index contributed by atoms with van der Waals surface area (Å²) in [6, 6.07) is 40.9. The molecule has 5 heteroatoms.